The van der Waals surface area contributed by atoms with Crippen molar-refractivity contribution in [2.24, 2.45) is 0 Å². The Morgan fingerprint density at radius 3 is 2.83 bits per heavy atom. The van der Waals surface area contributed by atoms with Gasteiger partial charge < -0.3 is 10.1 Å². The summed E-state index contributed by atoms with van der Waals surface area (Å²) >= 11 is 0. The molecule has 0 spiro atoms. The van der Waals surface area contributed by atoms with Crippen LogP contribution in [-0.4, -0.2) is 23.2 Å². The number of fused-ring (bicyclic) bond motifs is 1. The number of rotatable bonds is 4. The molecule has 1 aromatic heterocycles. The summed E-state index contributed by atoms with van der Waals surface area (Å²) in [6.07, 6.45) is 2.73. The van der Waals surface area contributed by atoms with Crippen molar-refractivity contribution in [3.05, 3.63) is 53.7 Å². The van der Waals surface area contributed by atoms with E-state index >= 15 is 0 Å². The van der Waals surface area contributed by atoms with Gasteiger partial charge in [-0.25, -0.2) is 9.78 Å². The largest absolute Gasteiger partial charge is 0.475 e. The molecule has 126 valence electrons. The number of ether oxygens (including phenoxy) is 1. The minimum absolute atomic E-state index is 0.0741. The Labute approximate surface area is 142 Å². The zero-order valence-corrected chi connectivity index (χ0v) is 14.3. The first-order valence-electron chi connectivity index (χ1n) is 8.31. The van der Waals surface area contributed by atoms with Crippen molar-refractivity contribution in [1.29, 1.82) is 0 Å². The van der Waals surface area contributed by atoms with Crippen LogP contribution in [0.3, 0.4) is 0 Å². The van der Waals surface area contributed by atoms with Crippen LogP contribution in [0, 0.1) is 0 Å². The maximum absolute atomic E-state index is 12.6. The predicted molar refractivity (Wildman–Crippen MR) is 94.3 cm³/mol. The summed E-state index contributed by atoms with van der Waals surface area (Å²) in [6, 6.07) is 11.9. The van der Waals surface area contributed by atoms with Crippen molar-refractivity contribution < 1.29 is 9.53 Å². The first kappa shape index (κ1) is 16.3. The fraction of sp³-hybridized carbons (Fsp3) is 0.368. The monoisotopic (exact) mass is 325 g/mol. The van der Waals surface area contributed by atoms with Crippen LogP contribution in [0.5, 0.6) is 5.88 Å². The average molecular weight is 325 g/mol. The number of carbonyl (C=O) groups is 1. The topological polar surface area (TPSA) is 54.5 Å². The highest BCUT2D eigenvalue weighted by Crippen LogP contribution is 2.31. The number of benzene rings is 1. The molecule has 24 heavy (non-hydrogen) atoms. The highest BCUT2D eigenvalue weighted by Gasteiger charge is 2.30. The number of para-hydroxylation sites is 1. The second kappa shape index (κ2) is 6.91. The highest BCUT2D eigenvalue weighted by molar-refractivity contribution is 5.94. The number of aromatic nitrogens is 1. The summed E-state index contributed by atoms with van der Waals surface area (Å²) in [5, 5.41) is 2.98. The van der Waals surface area contributed by atoms with E-state index in [1.807, 2.05) is 49.1 Å². The van der Waals surface area contributed by atoms with E-state index in [4.69, 9.17) is 4.74 Å². The molecule has 0 fully saturated rings. The number of nitrogens with one attached hydrogen (secondary N) is 1. The molecule has 1 aliphatic rings. The Morgan fingerprint density at radius 1 is 1.33 bits per heavy atom. The summed E-state index contributed by atoms with van der Waals surface area (Å²) < 4.78 is 5.52. The molecule has 0 saturated heterocycles. The zero-order chi connectivity index (χ0) is 17.1. The van der Waals surface area contributed by atoms with Gasteiger partial charge in [0.25, 0.3) is 0 Å². The van der Waals surface area contributed by atoms with E-state index in [-0.39, 0.29) is 18.2 Å². The molecule has 1 unspecified atom stereocenters. The maximum Gasteiger partial charge on any atom is 0.322 e. The summed E-state index contributed by atoms with van der Waals surface area (Å²) in [7, 11) is 0. The average Bonchev–Trinajstić information content (AvgIpc) is 2.89. The van der Waals surface area contributed by atoms with Gasteiger partial charge in [-0.3, -0.25) is 4.90 Å². The molecule has 0 aliphatic carbocycles. The van der Waals surface area contributed by atoms with Crippen molar-refractivity contribution in [1.82, 2.24) is 10.3 Å². The quantitative estimate of drug-likeness (QED) is 0.935. The van der Waals surface area contributed by atoms with E-state index < -0.39 is 0 Å². The normalized spacial score (nSPS) is 16.2. The lowest BCUT2D eigenvalue weighted by Crippen LogP contribution is -2.42. The smallest absolute Gasteiger partial charge is 0.322 e. The third-order valence-electron chi connectivity index (χ3n) is 4.02. The number of amides is 2. The van der Waals surface area contributed by atoms with Gasteiger partial charge in [0.05, 0.1) is 6.10 Å². The summed E-state index contributed by atoms with van der Waals surface area (Å²) in [5.41, 5.74) is 3.16. The number of hydrogen-bond donors (Lipinski definition) is 1. The Bertz CT molecular complexity index is 713. The molecular formula is C19H23N3O2. The van der Waals surface area contributed by atoms with Crippen LogP contribution in [0.25, 0.3) is 0 Å². The lowest BCUT2D eigenvalue weighted by Gasteiger charge is -2.23. The van der Waals surface area contributed by atoms with Crippen molar-refractivity contribution in [3.63, 3.8) is 0 Å². The Balaban J connectivity index is 1.62. The van der Waals surface area contributed by atoms with Crippen molar-refractivity contribution in [2.75, 3.05) is 4.90 Å². The Hall–Kier alpha value is -2.56. The van der Waals surface area contributed by atoms with Gasteiger partial charge in [0.2, 0.25) is 5.88 Å². The molecule has 2 amide bonds. The summed E-state index contributed by atoms with van der Waals surface area (Å²) in [4.78, 5) is 18.7. The van der Waals surface area contributed by atoms with Crippen molar-refractivity contribution in [3.8, 4) is 5.88 Å². The second-order valence-electron chi connectivity index (χ2n) is 6.38. The Kier molecular flexibility index (Phi) is 4.69. The van der Waals surface area contributed by atoms with Gasteiger partial charge in [-0.05, 0) is 44.4 Å². The van der Waals surface area contributed by atoms with Gasteiger partial charge >= 0.3 is 6.03 Å². The fourth-order valence-electron chi connectivity index (χ4n) is 2.96. The molecule has 0 bridgehead atoms. The van der Waals surface area contributed by atoms with E-state index in [0.717, 1.165) is 17.7 Å². The molecule has 1 aromatic carbocycles. The minimum Gasteiger partial charge on any atom is -0.475 e. The van der Waals surface area contributed by atoms with Gasteiger partial charge in [0.1, 0.15) is 0 Å². The van der Waals surface area contributed by atoms with Crippen molar-refractivity contribution >= 4 is 11.7 Å². The molecule has 1 atom stereocenters. The SMILES string of the molecule is CC(C)Oc1ccc(CNC(=O)N2c3ccccc3CC2C)cn1. The highest BCUT2D eigenvalue weighted by atomic mass is 16.5. The molecule has 3 rings (SSSR count). The van der Waals surface area contributed by atoms with E-state index in [1.165, 1.54) is 5.56 Å². The van der Waals surface area contributed by atoms with Crippen LogP contribution in [0.15, 0.2) is 42.6 Å². The fourth-order valence-corrected chi connectivity index (χ4v) is 2.96. The van der Waals surface area contributed by atoms with E-state index in [0.29, 0.717) is 12.4 Å². The molecule has 1 N–H and O–H groups in total. The van der Waals surface area contributed by atoms with E-state index in [1.54, 1.807) is 6.20 Å². The van der Waals surface area contributed by atoms with Crippen LogP contribution < -0.4 is 15.0 Å². The maximum atomic E-state index is 12.6. The van der Waals surface area contributed by atoms with Crippen LogP contribution in [0.1, 0.15) is 31.9 Å². The molecule has 0 saturated carbocycles. The Morgan fingerprint density at radius 2 is 2.12 bits per heavy atom. The lowest BCUT2D eigenvalue weighted by molar-refractivity contribution is 0.232. The third-order valence-corrected chi connectivity index (χ3v) is 4.02. The van der Waals surface area contributed by atoms with E-state index in [2.05, 4.69) is 23.3 Å². The number of hydrogen-bond acceptors (Lipinski definition) is 3. The number of nitrogens with zero attached hydrogens (tertiary/aromatic N) is 2. The van der Waals surface area contributed by atoms with Gasteiger partial charge in [0, 0.05) is 30.5 Å². The summed E-state index contributed by atoms with van der Waals surface area (Å²) in [6.45, 7) is 6.44. The zero-order valence-electron chi connectivity index (χ0n) is 14.3. The van der Waals surface area contributed by atoms with Gasteiger partial charge in [-0.15, -0.1) is 0 Å². The van der Waals surface area contributed by atoms with Gasteiger partial charge in [-0.2, -0.15) is 0 Å². The van der Waals surface area contributed by atoms with Crippen LogP contribution in [0.4, 0.5) is 10.5 Å². The molecule has 2 aromatic rings. The van der Waals surface area contributed by atoms with Gasteiger partial charge in [-0.1, -0.05) is 24.3 Å². The lowest BCUT2D eigenvalue weighted by atomic mass is 10.1. The van der Waals surface area contributed by atoms with Crippen LogP contribution in [-0.2, 0) is 13.0 Å². The predicted octanol–water partition coefficient (Wildman–Crippen LogP) is 3.53. The molecular weight excluding hydrogens is 302 g/mol. The van der Waals surface area contributed by atoms with Gasteiger partial charge in [0.15, 0.2) is 0 Å². The number of carbonyl (C=O) groups excluding carboxylic acids is 1. The minimum atomic E-state index is -0.0741. The van der Waals surface area contributed by atoms with Crippen LogP contribution in [0.2, 0.25) is 0 Å². The van der Waals surface area contributed by atoms with Crippen molar-refractivity contribution in [2.45, 2.75) is 45.9 Å². The molecule has 5 heteroatoms. The molecule has 0 radical (unpaired) electrons. The molecule has 1 aliphatic heterocycles. The first-order chi connectivity index (χ1) is 11.5. The first-order valence-corrected chi connectivity index (χ1v) is 8.31. The second-order valence-corrected chi connectivity index (χ2v) is 6.38. The molecule has 2 heterocycles. The number of urea groups is 1. The third kappa shape index (κ3) is 3.50. The standard InChI is InChI=1S/C19H23N3O2/c1-13(2)24-18-9-8-15(11-20-18)12-21-19(23)22-14(3)10-16-6-4-5-7-17(16)22/h4-9,11,13-14H,10,12H2,1-3H3,(H,21,23). The van der Waals surface area contributed by atoms with Crippen LogP contribution >= 0.6 is 0 Å². The molecule has 5 nitrogen and oxygen atoms in total. The number of anilines is 1. The summed E-state index contributed by atoms with van der Waals surface area (Å²) in [5.74, 6) is 0.599. The van der Waals surface area contributed by atoms with E-state index in [9.17, 15) is 4.79 Å². The number of pyridine rings is 1.